The topological polar surface area (TPSA) is 119 Å². The summed E-state index contributed by atoms with van der Waals surface area (Å²) in [5.41, 5.74) is 3.64. The number of fused-ring (bicyclic) bond motifs is 3. The lowest BCUT2D eigenvalue weighted by Crippen LogP contribution is -2.63. The van der Waals surface area contributed by atoms with Gasteiger partial charge in [0.05, 0.1) is 29.2 Å². The Kier molecular flexibility index (Phi) is 5.18. The minimum absolute atomic E-state index is 0.00653. The van der Waals surface area contributed by atoms with Gasteiger partial charge in [0.15, 0.2) is 0 Å². The SMILES string of the molecule is O=C(Nc1ccc([N+](=O)[O-])cc1)NC12CC3CC(C1)C(C(=O)CC1c4ccccc4-c4cncn41)C(C3)C2. The molecule has 2 aromatic carbocycles. The quantitative estimate of drug-likeness (QED) is 0.342. The predicted octanol–water partition coefficient (Wildman–Crippen LogP) is 5.34. The summed E-state index contributed by atoms with van der Waals surface area (Å²) in [6.07, 6.45) is 8.89. The molecule has 2 heterocycles. The molecule has 5 aliphatic rings. The monoisotopic (exact) mass is 511 g/mol. The lowest BCUT2D eigenvalue weighted by molar-refractivity contribution is -0.384. The summed E-state index contributed by atoms with van der Waals surface area (Å²) < 4.78 is 2.14. The maximum absolute atomic E-state index is 13.9. The number of hydrogen-bond donors (Lipinski definition) is 2. The van der Waals surface area contributed by atoms with Gasteiger partial charge in [0, 0.05) is 41.3 Å². The van der Waals surface area contributed by atoms with Crippen molar-refractivity contribution < 1.29 is 14.5 Å². The number of urea groups is 1. The number of nitrogens with zero attached hydrogens (tertiary/aromatic N) is 3. The average molecular weight is 512 g/mol. The second kappa shape index (κ2) is 8.51. The number of aromatic nitrogens is 2. The number of imidazole rings is 1. The van der Waals surface area contributed by atoms with Gasteiger partial charge in [0.1, 0.15) is 5.78 Å². The number of ketones is 1. The molecule has 1 aromatic heterocycles. The number of nitrogens with one attached hydrogen (secondary N) is 2. The standard InChI is InChI=1S/C29H29N5O4/c35-26(11-24-22-3-1-2-4-23(22)25-15-30-16-33(24)25)27-18-9-17-10-19(27)14-29(12-17,13-18)32-28(36)31-20-5-7-21(8-6-20)34(37)38/h1-8,15-19,24,27H,9-14H2,(H2,31,32,36). The van der Waals surface area contributed by atoms with Gasteiger partial charge < -0.3 is 15.2 Å². The van der Waals surface area contributed by atoms with Crippen molar-refractivity contribution in [1.82, 2.24) is 14.9 Å². The number of non-ortho nitro benzene ring substituents is 1. The number of carbonyl (C=O) groups excluding carboxylic acids is 2. The molecule has 2 N–H and O–H groups in total. The molecule has 9 nitrogen and oxygen atoms in total. The summed E-state index contributed by atoms with van der Waals surface area (Å²) in [7, 11) is 0. The summed E-state index contributed by atoms with van der Waals surface area (Å²) in [5.74, 6) is 1.48. The highest BCUT2D eigenvalue weighted by Crippen LogP contribution is 2.59. The van der Waals surface area contributed by atoms with Crippen molar-refractivity contribution in [2.45, 2.75) is 50.1 Å². The second-order valence-electron chi connectivity index (χ2n) is 11.6. The Balaban J connectivity index is 1.05. The Morgan fingerprint density at radius 3 is 2.53 bits per heavy atom. The van der Waals surface area contributed by atoms with Crippen LogP contribution in [0.25, 0.3) is 11.3 Å². The largest absolute Gasteiger partial charge is 0.332 e. The van der Waals surface area contributed by atoms with Crippen LogP contribution in [-0.2, 0) is 4.79 Å². The molecule has 0 radical (unpaired) electrons. The van der Waals surface area contributed by atoms with Crippen LogP contribution in [0.2, 0.25) is 0 Å². The van der Waals surface area contributed by atoms with E-state index < -0.39 is 4.92 Å². The highest BCUT2D eigenvalue weighted by Gasteiger charge is 2.57. The van der Waals surface area contributed by atoms with Crippen molar-refractivity contribution in [2.75, 3.05) is 5.32 Å². The number of nitro groups is 1. The normalized spacial score (nSPS) is 29.9. The molecule has 0 spiro atoms. The van der Waals surface area contributed by atoms with Crippen LogP contribution >= 0.6 is 0 Å². The molecular weight excluding hydrogens is 482 g/mol. The van der Waals surface area contributed by atoms with Gasteiger partial charge in [-0.15, -0.1) is 0 Å². The lowest BCUT2D eigenvalue weighted by Gasteiger charge is -2.59. The molecule has 4 bridgehead atoms. The summed E-state index contributed by atoms with van der Waals surface area (Å²) >= 11 is 0. The van der Waals surface area contributed by atoms with Gasteiger partial charge in [0.2, 0.25) is 0 Å². The molecule has 4 saturated carbocycles. The summed E-state index contributed by atoms with van der Waals surface area (Å²) in [4.78, 5) is 41.6. The van der Waals surface area contributed by atoms with E-state index >= 15 is 0 Å². The minimum atomic E-state index is -0.461. The van der Waals surface area contributed by atoms with Crippen molar-refractivity contribution in [3.8, 4) is 11.3 Å². The van der Waals surface area contributed by atoms with Crippen LogP contribution < -0.4 is 10.6 Å². The third-order valence-corrected chi connectivity index (χ3v) is 9.35. The number of carbonyl (C=O) groups is 2. The highest BCUT2D eigenvalue weighted by molar-refractivity contribution is 5.90. The fourth-order valence-electron chi connectivity index (χ4n) is 8.24. The molecule has 0 saturated heterocycles. The first-order chi connectivity index (χ1) is 18.4. The van der Waals surface area contributed by atoms with Crippen LogP contribution in [0.1, 0.15) is 50.1 Å². The smallest absolute Gasteiger partial charge is 0.319 e. The van der Waals surface area contributed by atoms with E-state index in [9.17, 15) is 19.7 Å². The highest BCUT2D eigenvalue weighted by atomic mass is 16.6. The maximum atomic E-state index is 13.9. The Morgan fingerprint density at radius 2 is 1.79 bits per heavy atom. The molecule has 3 aromatic rings. The molecule has 8 rings (SSSR count). The molecule has 4 aliphatic carbocycles. The third-order valence-electron chi connectivity index (χ3n) is 9.35. The Bertz CT molecular complexity index is 1430. The fourth-order valence-corrected chi connectivity index (χ4v) is 8.24. The van der Waals surface area contributed by atoms with Crippen molar-refractivity contribution >= 4 is 23.2 Å². The number of hydrogen-bond acceptors (Lipinski definition) is 5. The first-order valence-electron chi connectivity index (χ1n) is 13.4. The van der Waals surface area contributed by atoms with Gasteiger partial charge in [-0.25, -0.2) is 9.78 Å². The van der Waals surface area contributed by atoms with Gasteiger partial charge in [-0.2, -0.15) is 0 Å². The Labute approximate surface area is 219 Å². The van der Waals surface area contributed by atoms with Crippen LogP contribution in [0.4, 0.5) is 16.2 Å². The van der Waals surface area contributed by atoms with Crippen molar-refractivity contribution in [3.05, 3.63) is 76.7 Å². The van der Waals surface area contributed by atoms with E-state index in [1.54, 1.807) is 12.1 Å². The average Bonchev–Trinajstić information content (AvgIpc) is 3.46. The van der Waals surface area contributed by atoms with E-state index in [4.69, 9.17) is 0 Å². The molecule has 9 heteroatoms. The van der Waals surface area contributed by atoms with Crippen LogP contribution in [-0.4, -0.2) is 31.8 Å². The summed E-state index contributed by atoms with van der Waals surface area (Å²) in [6.45, 7) is 0. The molecular formula is C29H29N5O4. The predicted molar refractivity (Wildman–Crippen MR) is 140 cm³/mol. The number of amides is 2. The molecule has 2 amide bonds. The maximum Gasteiger partial charge on any atom is 0.319 e. The Hall–Kier alpha value is -4.01. The number of nitro benzene ring substituents is 1. The zero-order valence-corrected chi connectivity index (χ0v) is 20.9. The van der Waals surface area contributed by atoms with Crippen molar-refractivity contribution in [1.29, 1.82) is 0 Å². The zero-order chi connectivity index (χ0) is 26.0. The van der Waals surface area contributed by atoms with E-state index in [-0.39, 0.29) is 41.1 Å². The lowest BCUT2D eigenvalue weighted by atomic mass is 9.48. The van der Waals surface area contributed by atoms with E-state index in [1.165, 1.54) is 17.7 Å². The first kappa shape index (κ1) is 23.1. The van der Waals surface area contributed by atoms with Crippen LogP contribution in [0, 0.1) is 33.8 Å². The third kappa shape index (κ3) is 3.71. The van der Waals surface area contributed by atoms with Gasteiger partial charge in [-0.05, 0) is 67.6 Å². The first-order valence-corrected chi connectivity index (χ1v) is 13.4. The van der Waals surface area contributed by atoms with Crippen LogP contribution in [0.15, 0.2) is 61.1 Å². The summed E-state index contributed by atoms with van der Waals surface area (Å²) in [6, 6.07) is 13.8. The summed E-state index contributed by atoms with van der Waals surface area (Å²) in [5, 5.41) is 17.0. The Morgan fingerprint density at radius 1 is 1.05 bits per heavy atom. The van der Waals surface area contributed by atoms with Crippen molar-refractivity contribution in [3.63, 3.8) is 0 Å². The molecule has 38 heavy (non-hydrogen) atoms. The number of benzene rings is 2. The van der Waals surface area contributed by atoms with E-state index in [0.717, 1.165) is 43.4 Å². The van der Waals surface area contributed by atoms with Gasteiger partial charge in [0.25, 0.3) is 5.69 Å². The molecule has 4 fully saturated rings. The second-order valence-corrected chi connectivity index (χ2v) is 11.6. The fraction of sp³-hybridized carbons (Fsp3) is 0.414. The zero-order valence-electron chi connectivity index (χ0n) is 20.9. The van der Waals surface area contributed by atoms with E-state index in [1.807, 2.05) is 24.7 Å². The number of anilines is 1. The van der Waals surface area contributed by atoms with Gasteiger partial charge in [-0.1, -0.05) is 24.3 Å². The van der Waals surface area contributed by atoms with E-state index in [0.29, 0.717) is 23.8 Å². The van der Waals surface area contributed by atoms with Crippen LogP contribution in [0.5, 0.6) is 0 Å². The molecule has 3 unspecified atom stereocenters. The number of rotatable bonds is 6. The molecule has 1 aliphatic heterocycles. The van der Waals surface area contributed by atoms with Gasteiger partial charge >= 0.3 is 6.03 Å². The molecule has 194 valence electrons. The number of Topliss-reactive ketones (excluding diaryl/α,β-unsaturated/α-hetero) is 1. The molecule has 3 atom stereocenters. The van der Waals surface area contributed by atoms with Crippen molar-refractivity contribution in [2.24, 2.45) is 23.7 Å². The van der Waals surface area contributed by atoms with Gasteiger partial charge in [-0.3, -0.25) is 14.9 Å². The van der Waals surface area contributed by atoms with Crippen LogP contribution in [0.3, 0.4) is 0 Å². The minimum Gasteiger partial charge on any atom is -0.332 e. The van der Waals surface area contributed by atoms with E-state index in [2.05, 4.69) is 32.3 Å².